The first-order valence-corrected chi connectivity index (χ1v) is 5.79. The molecule has 0 bridgehead atoms. The molecule has 3 nitrogen and oxygen atoms in total. The van der Waals surface area contributed by atoms with Crippen molar-refractivity contribution in [2.24, 2.45) is 0 Å². The molecule has 0 aliphatic rings. The summed E-state index contributed by atoms with van der Waals surface area (Å²) in [7, 11) is 3.87. The maximum absolute atomic E-state index is 8.68. The minimum absolute atomic E-state index is 0.139. The van der Waals surface area contributed by atoms with Gasteiger partial charge in [0, 0.05) is 12.3 Å². The molecule has 0 rings (SSSR count). The number of thioether (sulfide) groups is 1. The van der Waals surface area contributed by atoms with Gasteiger partial charge in [0.1, 0.15) is 0 Å². The van der Waals surface area contributed by atoms with Gasteiger partial charge in [0.2, 0.25) is 0 Å². The van der Waals surface area contributed by atoms with Crippen LogP contribution in [0.1, 0.15) is 13.8 Å². The summed E-state index contributed by atoms with van der Waals surface area (Å²) < 4.78 is 0. The lowest BCUT2D eigenvalue weighted by atomic mass is 10.4. The van der Waals surface area contributed by atoms with E-state index < -0.39 is 0 Å². The van der Waals surface area contributed by atoms with Gasteiger partial charge in [0.15, 0.2) is 0 Å². The monoisotopic (exact) mass is 209 g/mol. The van der Waals surface area contributed by atoms with Crippen LogP contribution in [0.15, 0.2) is 0 Å². The second-order valence-corrected chi connectivity index (χ2v) is 4.33. The van der Waals surface area contributed by atoms with Gasteiger partial charge in [-0.1, -0.05) is 0 Å². The quantitative estimate of drug-likeness (QED) is 0.714. The van der Waals surface area contributed by atoms with E-state index in [1.165, 1.54) is 0 Å². The normalized spacial score (nSPS) is 14.8. The first kappa shape index (κ1) is 15.7. The predicted molar refractivity (Wildman–Crippen MR) is 60.3 cm³/mol. The molecule has 0 aromatic rings. The van der Waals surface area contributed by atoms with Crippen LogP contribution >= 0.6 is 11.8 Å². The van der Waals surface area contributed by atoms with E-state index >= 15 is 0 Å². The van der Waals surface area contributed by atoms with E-state index in [9.17, 15) is 0 Å². The summed E-state index contributed by atoms with van der Waals surface area (Å²) in [5, 5.41) is 17.2. The van der Waals surface area contributed by atoms with Crippen molar-refractivity contribution in [1.29, 1.82) is 0 Å². The van der Waals surface area contributed by atoms with Crippen LogP contribution in [0.25, 0.3) is 0 Å². The van der Waals surface area contributed by atoms with Crippen LogP contribution in [0.5, 0.6) is 0 Å². The van der Waals surface area contributed by atoms with Crippen molar-refractivity contribution in [3.63, 3.8) is 0 Å². The third kappa shape index (κ3) is 24.5. The van der Waals surface area contributed by atoms with Gasteiger partial charge in [0.25, 0.3) is 0 Å². The van der Waals surface area contributed by atoms with Gasteiger partial charge in [-0.15, -0.1) is 0 Å². The fourth-order valence-corrected chi connectivity index (χ4v) is 1.25. The summed E-state index contributed by atoms with van der Waals surface area (Å²) in [5.74, 6) is 0.847. The Bertz CT molecular complexity index is 91.6. The Morgan fingerprint density at radius 2 is 1.62 bits per heavy atom. The number of rotatable bonds is 4. The third-order valence-corrected chi connectivity index (χ3v) is 1.85. The van der Waals surface area contributed by atoms with Crippen LogP contribution in [0, 0.1) is 0 Å². The summed E-state index contributed by atoms with van der Waals surface area (Å²) in [5.41, 5.74) is 0. The van der Waals surface area contributed by atoms with Crippen molar-refractivity contribution in [3.05, 3.63) is 0 Å². The SMILES string of the molecule is CSC[C@H](C)O.C[C@H](O)CN(C)C. The van der Waals surface area contributed by atoms with Crippen molar-refractivity contribution >= 4 is 11.8 Å². The van der Waals surface area contributed by atoms with E-state index in [-0.39, 0.29) is 12.2 Å². The van der Waals surface area contributed by atoms with Gasteiger partial charge < -0.3 is 15.1 Å². The lowest BCUT2D eigenvalue weighted by Gasteiger charge is -2.10. The number of hydrogen-bond donors (Lipinski definition) is 2. The Morgan fingerprint density at radius 1 is 1.15 bits per heavy atom. The Labute approximate surface area is 86.1 Å². The van der Waals surface area contributed by atoms with Crippen LogP contribution in [0.3, 0.4) is 0 Å². The maximum Gasteiger partial charge on any atom is 0.0638 e. The van der Waals surface area contributed by atoms with Crippen molar-refractivity contribution in [3.8, 4) is 0 Å². The second-order valence-electron chi connectivity index (χ2n) is 3.42. The highest BCUT2D eigenvalue weighted by Gasteiger charge is 1.93. The molecule has 4 heteroatoms. The highest BCUT2D eigenvalue weighted by molar-refractivity contribution is 7.98. The van der Waals surface area contributed by atoms with E-state index in [0.29, 0.717) is 0 Å². The van der Waals surface area contributed by atoms with Crippen LogP contribution in [0.2, 0.25) is 0 Å². The van der Waals surface area contributed by atoms with E-state index in [1.54, 1.807) is 25.6 Å². The lowest BCUT2D eigenvalue weighted by Crippen LogP contribution is -2.22. The molecule has 0 aliphatic heterocycles. The molecule has 0 amide bonds. The number of aliphatic hydroxyl groups excluding tert-OH is 2. The average Bonchev–Trinajstić information content (AvgIpc) is 1.83. The number of aliphatic hydroxyl groups is 2. The molecule has 82 valence electrons. The van der Waals surface area contributed by atoms with Crippen LogP contribution in [0.4, 0.5) is 0 Å². The fourth-order valence-electron chi connectivity index (χ4n) is 0.770. The average molecular weight is 209 g/mol. The minimum Gasteiger partial charge on any atom is -0.393 e. The molecule has 0 fully saturated rings. The van der Waals surface area contributed by atoms with Gasteiger partial charge >= 0.3 is 0 Å². The molecule has 0 aliphatic carbocycles. The molecular formula is C9H23NO2S. The summed E-state index contributed by atoms with van der Waals surface area (Å²) in [6.07, 6.45) is 1.64. The molecule has 0 saturated heterocycles. The molecule has 0 aromatic heterocycles. The fraction of sp³-hybridized carbons (Fsp3) is 1.00. The molecule has 0 heterocycles. The molecular weight excluding hydrogens is 186 g/mol. The van der Waals surface area contributed by atoms with Gasteiger partial charge in [-0.25, -0.2) is 0 Å². The smallest absolute Gasteiger partial charge is 0.0638 e. The zero-order valence-electron chi connectivity index (χ0n) is 9.32. The summed E-state index contributed by atoms with van der Waals surface area (Å²) in [6, 6.07) is 0. The van der Waals surface area contributed by atoms with Crippen LogP contribution in [-0.2, 0) is 0 Å². The zero-order valence-corrected chi connectivity index (χ0v) is 10.1. The third-order valence-electron chi connectivity index (χ3n) is 1.04. The van der Waals surface area contributed by atoms with Gasteiger partial charge in [-0.2, -0.15) is 11.8 Å². The molecule has 0 aromatic carbocycles. The minimum atomic E-state index is -0.199. The first-order chi connectivity index (χ1) is 5.90. The van der Waals surface area contributed by atoms with E-state index in [2.05, 4.69) is 0 Å². The molecule has 2 N–H and O–H groups in total. The van der Waals surface area contributed by atoms with Crippen molar-refractivity contribution in [1.82, 2.24) is 4.90 Å². The maximum atomic E-state index is 8.68. The standard InChI is InChI=1S/C5H13NO.C4H10OS/c1-5(7)4-6(2)3;1-4(5)3-6-2/h5,7H,4H2,1-3H3;4-5H,3H2,1-2H3/t5-;4-/m00/s1. The Kier molecular flexibility index (Phi) is 12.4. The first-order valence-electron chi connectivity index (χ1n) is 4.40. The van der Waals surface area contributed by atoms with Crippen LogP contribution < -0.4 is 0 Å². The molecule has 0 unspecified atom stereocenters. The zero-order chi connectivity index (χ0) is 10.9. The molecule has 2 atom stereocenters. The van der Waals surface area contributed by atoms with E-state index in [1.807, 2.05) is 25.3 Å². The highest BCUT2D eigenvalue weighted by atomic mass is 32.2. The van der Waals surface area contributed by atoms with E-state index in [0.717, 1.165) is 12.3 Å². The van der Waals surface area contributed by atoms with Gasteiger partial charge in [-0.05, 0) is 34.2 Å². The molecule has 0 radical (unpaired) electrons. The van der Waals surface area contributed by atoms with Crippen molar-refractivity contribution in [2.75, 3.05) is 32.6 Å². The Morgan fingerprint density at radius 3 is 1.62 bits per heavy atom. The van der Waals surface area contributed by atoms with Gasteiger partial charge in [0.05, 0.1) is 12.2 Å². The molecule has 0 spiro atoms. The number of hydrogen-bond acceptors (Lipinski definition) is 4. The van der Waals surface area contributed by atoms with Crippen LogP contribution in [-0.4, -0.2) is 60.0 Å². The van der Waals surface area contributed by atoms with Gasteiger partial charge in [-0.3, -0.25) is 0 Å². The summed E-state index contributed by atoms with van der Waals surface area (Å²) >= 11 is 1.66. The number of nitrogens with zero attached hydrogens (tertiary/aromatic N) is 1. The Hall–Kier alpha value is 0.230. The molecule has 0 saturated carbocycles. The topological polar surface area (TPSA) is 43.7 Å². The second kappa shape index (κ2) is 10.3. The lowest BCUT2D eigenvalue weighted by molar-refractivity contribution is 0.154. The largest absolute Gasteiger partial charge is 0.393 e. The Balaban J connectivity index is 0. The summed E-state index contributed by atoms with van der Waals surface area (Å²) in [6.45, 7) is 4.32. The number of likely N-dealkylation sites (N-methyl/N-ethyl adjacent to an activating group) is 1. The van der Waals surface area contributed by atoms with Crippen molar-refractivity contribution in [2.45, 2.75) is 26.1 Å². The predicted octanol–water partition coefficient (Wildman–Crippen LogP) is 0.659. The van der Waals surface area contributed by atoms with Crippen molar-refractivity contribution < 1.29 is 10.2 Å². The van der Waals surface area contributed by atoms with E-state index in [4.69, 9.17) is 10.2 Å². The molecule has 13 heavy (non-hydrogen) atoms. The summed E-state index contributed by atoms with van der Waals surface area (Å²) in [4.78, 5) is 1.95. The highest BCUT2D eigenvalue weighted by Crippen LogP contribution is 1.93.